The molecule has 0 spiro atoms. The van der Waals surface area contributed by atoms with Gasteiger partial charge >= 0.3 is 0 Å². The van der Waals surface area contributed by atoms with Crippen molar-refractivity contribution in [3.63, 3.8) is 0 Å². The molecule has 2 nitrogen and oxygen atoms in total. The van der Waals surface area contributed by atoms with Gasteiger partial charge in [0.25, 0.3) is 0 Å². The molecule has 0 aliphatic rings. The van der Waals surface area contributed by atoms with Crippen molar-refractivity contribution in [2.75, 3.05) is 12.9 Å². The Hall–Kier alpha value is -0.510. The molecule has 3 heteroatoms. The van der Waals surface area contributed by atoms with Gasteiger partial charge in [0, 0.05) is 17.8 Å². The summed E-state index contributed by atoms with van der Waals surface area (Å²) in [5.74, 6) is 1.04. The summed E-state index contributed by atoms with van der Waals surface area (Å²) in [6, 6.07) is 8.09. The highest BCUT2D eigenvalue weighted by molar-refractivity contribution is 7.99. The predicted octanol–water partition coefficient (Wildman–Crippen LogP) is 3.65. The lowest BCUT2D eigenvalue weighted by atomic mass is 10.1. The summed E-state index contributed by atoms with van der Waals surface area (Å²) in [6.07, 6.45) is 0.633. The Bertz CT molecular complexity index is 331. The van der Waals surface area contributed by atoms with Crippen molar-refractivity contribution in [1.29, 1.82) is 0 Å². The third-order valence-corrected chi connectivity index (χ3v) is 3.90. The second-order valence-corrected chi connectivity index (χ2v) is 5.98. The van der Waals surface area contributed by atoms with Crippen LogP contribution in [0.4, 0.5) is 0 Å². The molecule has 1 N–H and O–H groups in total. The van der Waals surface area contributed by atoms with Crippen LogP contribution in [0, 0.1) is 0 Å². The number of thioether (sulfide) groups is 1. The molecule has 96 valence electrons. The van der Waals surface area contributed by atoms with Crippen molar-refractivity contribution in [1.82, 2.24) is 0 Å². The zero-order valence-corrected chi connectivity index (χ0v) is 11.9. The molecule has 0 aliphatic carbocycles. The zero-order valence-electron chi connectivity index (χ0n) is 11.1. The molecule has 0 heterocycles. The quantitative estimate of drug-likeness (QED) is 0.786. The highest BCUT2D eigenvalue weighted by atomic mass is 32.2. The van der Waals surface area contributed by atoms with Crippen molar-refractivity contribution < 1.29 is 9.84 Å². The number of hydrogen-bond donors (Lipinski definition) is 1. The van der Waals surface area contributed by atoms with Crippen LogP contribution in [-0.2, 0) is 4.74 Å². The Balaban J connectivity index is 2.42. The van der Waals surface area contributed by atoms with Gasteiger partial charge in [0.1, 0.15) is 0 Å². The van der Waals surface area contributed by atoms with Gasteiger partial charge in [0.2, 0.25) is 0 Å². The molecule has 0 saturated heterocycles. The minimum Gasteiger partial charge on any atom is -0.389 e. The topological polar surface area (TPSA) is 29.5 Å². The van der Waals surface area contributed by atoms with E-state index in [1.165, 1.54) is 4.90 Å². The fourth-order valence-electron chi connectivity index (χ4n) is 1.36. The van der Waals surface area contributed by atoms with E-state index in [0.717, 1.165) is 17.7 Å². The molecule has 0 aromatic heterocycles. The third kappa shape index (κ3) is 5.11. The van der Waals surface area contributed by atoms with Crippen LogP contribution >= 0.6 is 11.8 Å². The number of benzene rings is 1. The van der Waals surface area contributed by atoms with Crippen LogP contribution in [0.2, 0.25) is 0 Å². The van der Waals surface area contributed by atoms with Gasteiger partial charge in [0.05, 0.1) is 11.7 Å². The average Bonchev–Trinajstić information content (AvgIpc) is 2.29. The molecule has 1 rings (SSSR count). The number of rotatable bonds is 6. The summed E-state index contributed by atoms with van der Waals surface area (Å²) in [4.78, 5) is 1.24. The minimum absolute atomic E-state index is 0.0491. The normalized spacial score (nSPS) is 13.7. The van der Waals surface area contributed by atoms with E-state index in [9.17, 15) is 5.11 Å². The maximum atomic E-state index is 9.41. The summed E-state index contributed by atoms with van der Waals surface area (Å²) >= 11 is 1.82. The van der Waals surface area contributed by atoms with Crippen molar-refractivity contribution in [3.8, 4) is 0 Å². The van der Waals surface area contributed by atoms with Crippen LogP contribution < -0.4 is 0 Å². The first-order valence-electron chi connectivity index (χ1n) is 5.90. The van der Waals surface area contributed by atoms with Crippen LogP contribution in [0.3, 0.4) is 0 Å². The lowest BCUT2D eigenvalue weighted by Crippen LogP contribution is -2.22. The molecule has 1 aromatic rings. The predicted molar refractivity (Wildman–Crippen MR) is 73.5 cm³/mol. The van der Waals surface area contributed by atoms with Crippen LogP contribution in [0.5, 0.6) is 0 Å². The van der Waals surface area contributed by atoms with Crippen molar-refractivity contribution in [3.05, 3.63) is 29.8 Å². The number of aliphatic hydroxyl groups is 1. The van der Waals surface area contributed by atoms with E-state index in [1.54, 1.807) is 14.0 Å². The van der Waals surface area contributed by atoms with Crippen LogP contribution in [0.1, 0.15) is 38.9 Å². The Morgan fingerprint density at radius 3 is 2.35 bits per heavy atom. The van der Waals surface area contributed by atoms with Gasteiger partial charge in [-0.2, -0.15) is 0 Å². The van der Waals surface area contributed by atoms with E-state index >= 15 is 0 Å². The molecule has 17 heavy (non-hydrogen) atoms. The van der Waals surface area contributed by atoms with Gasteiger partial charge in [-0.3, -0.25) is 0 Å². The van der Waals surface area contributed by atoms with Gasteiger partial charge in [-0.15, -0.1) is 11.8 Å². The number of methoxy groups -OCH3 is 1. The molecule has 1 unspecified atom stereocenters. The highest BCUT2D eigenvalue weighted by Crippen LogP contribution is 2.24. The van der Waals surface area contributed by atoms with Crippen molar-refractivity contribution >= 4 is 11.8 Å². The fourth-order valence-corrected chi connectivity index (χ4v) is 2.52. The first-order valence-corrected chi connectivity index (χ1v) is 6.89. The number of aliphatic hydroxyl groups excluding tert-OH is 1. The van der Waals surface area contributed by atoms with Gasteiger partial charge < -0.3 is 9.84 Å². The Morgan fingerprint density at radius 2 is 1.88 bits per heavy atom. The van der Waals surface area contributed by atoms with E-state index in [4.69, 9.17) is 4.74 Å². The molecule has 0 saturated carbocycles. The third-order valence-electron chi connectivity index (χ3n) is 2.89. The largest absolute Gasteiger partial charge is 0.389 e. The first-order chi connectivity index (χ1) is 7.94. The van der Waals surface area contributed by atoms with Crippen molar-refractivity contribution in [2.24, 2.45) is 0 Å². The van der Waals surface area contributed by atoms with Crippen LogP contribution in [-0.4, -0.2) is 23.6 Å². The monoisotopic (exact) mass is 254 g/mol. The maximum absolute atomic E-state index is 9.41. The smallest absolute Gasteiger partial charge is 0.0761 e. The zero-order chi connectivity index (χ0) is 12.9. The highest BCUT2D eigenvalue weighted by Gasteiger charge is 2.15. The maximum Gasteiger partial charge on any atom is 0.0761 e. The molecular weight excluding hydrogens is 232 g/mol. The van der Waals surface area contributed by atoms with E-state index in [-0.39, 0.29) is 11.7 Å². The second kappa shape index (κ2) is 6.43. The van der Waals surface area contributed by atoms with E-state index in [2.05, 4.69) is 26.0 Å². The average molecular weight is 254 g/mol. The number of hydrogen-bond acceptors (Lipinski definition) is 3. The van der Waals surface area contributed by atoms with E-state index in [0.29, 0.717) is 0 Å². The molecule has 0 bridgehead atoms. The SMILES string of the molecule is COC(C)(C)CCSc1ccc(C(C)O)cc1. The van der Waals surface area contributed by atoms with Crippen LogP contribution in [0.25, 0.3) is 0 Å². The Labute approximate surface area is 108 Å². The molecule has 0 amide bonds. The molecule has 1 aromatic carbocycles. The molecule has 0 radical (unpaired) electrons. The minimum atomic E-state index is -0.388. The fraction of sp³-hybridized carbons (Fsp3) is 0.571. The molecule has 1 atom stereocenters. The van der Waals surface area contributed by atoms with Gasteiger partial charge in [-0.25, -0.2) is 0 Å². The van der Waals surface area contributed by atoms with Crippen molar-refractivity contribution in [2.45, 2.75) is 43.8 Å². The summed E-state index contributed by atoms with van der Waals surface area (Å²) in [6.45, 7) is 5.98. The summed E-state index contributed by atoms with van der Waals surface area (Å²) in [5, 5.41) is 9.41. The summed E-state index contributed by atoms with van der Waals surface area (Å²) < 4.78 is 5.38. The molecule has 0 fully saturated rings. The Morgan fingerprint density at radius 1 is 1.29 bits per heavy atom. The second-order valence-electron chi connectivity index (χ2n) is 4.81. The first kappa shape index (κ1) is 14.6. The van der Waals surface area contributed by atoms with Crippen LogP contribution in [0.15, 0.2) is 29.2 Å². The van der Waals surface area contributed by atoms with E-state index in [1.807, 2.05) is 23.9 Å². The lowest BCUT2D eigenvalue weighted by molar-refractivity contribution is 0.0207. The molecular formula is C14H22O2S. The van der Waals surface area contributed by atoms with E-state index < -0.39 is 0 Å². The summed E-state index contributed by atoms with van der Waals surface area (Å²) in [5.41, 5.74) is 0.915. The van der Waals surface area contributed by atoms with Gasteiger partial charge in [0.15, 0.2) is 0 Å². The van der Waals surface area contributed by atoms with Gasteiger partial charge in [-0.1, -0.05) is 12.1 Å². The Kier molecular flexibility index (Phi) is 5.50. The lowest BCUT2D eigenvalue weighted by Gasteiger charge is -2.22. The summed E-state index contributed by atoms with van der Waals surface area (Å²) in [7, 11) is 1.75. The number of ether oxygens (including phenoxy) is 1. The molecule has 0 aliphatic heterocycles. The van der Waals surface area contributed by atoms with Gasteiger partial charge in [-0.05, 0) is 44.9 Å². The standard InChI is InChI=1S/C14H22O2S/c1-11(15)12-5-7-13(8-6-12)17-10-9-14(2,3)16-4/h5-8,11,15H,9-10H2,1-4H3.